The molecule has 0 aliphatic heterocycles. The zero-order valence-electron chi connectivity index (χ0n) is 18.2. The molecule has 16 heteroatoms. The highest BCUT2D eigenvalue weighted by atomic mass is 19.4. The van der Waals surface area contributed by atoms with Gasteiger partial charge in [-0.3, -0.25) is 9.97 Å². The van der Waals surface area contributed by atoms with E-state index < -0.39 is 58.6 Å². The number of nitrogens with zero attached hydrogens (tertiary/aromatic N) is 2. The fourth-order valence-electron chi connectivity index (χ4n) is 3.09. The monoisotopic (exact) mass is 560 g/mol. The van der Waals surface area contributed by atoms with E-state index in [4.69, 9.17) is 0 Å². The Labute approximate surface area is 204 Å². The van der Waals surface area contributed by atoms with Gasteiger partial charge in [0.25, 0.3) is 0 Å². The van der Waals surface area contributed by atoms with Crippen molar-refractivity contribution >= 4 is 0 Å². The van der Waals surface area contributed by atoms with E-state index in [0.717, 1.165) is 0 Å². The molecule has 4 aromatic rings. The van der Waals surface area contributed by atoms with Gasteiger partial charge in [-0.15, -0.1) is 0 Å². The number of aromatic nitrogens is 4. The molecule has 0 saturated carbocycles. The van der Waals surface area contributed by atoms with Crippen molar-refractivity contribution in [3.63, 3.8) is 0 Å². The molecule has 0 aliphatic rings. The van der Waals surface area contributed by atoms with Crippen LogP contribution in [0.25, 0.3) is 22.8 Å². The van der Waals surface area contributed by atoms with Crippen molar-refractivity contribution in [2.45, 2.75) is 24.7 Å². The van der Waals surface area contributed by atoms with Crippen LogP contribution in [0.2, 0.25) is 0 Å². The summed E-state index contributed by atoms with van der Waals surface area (Å²) in [5, 5.41) is 0. The van der Waals surface area contributed by atoms with Gasteiger partial charge >= 0.3 is 24.7 Å². The van der Waals surface area contributed by atoms with Crippen LogP contribution in [0.5, 0.6) is 0 Å². The molecule has 204 valence electrons. The summed E-state index contributed by atoms with van der Waals surface area (Å²) < 4.78 is 151. The molecule has 0 spiro atoms. The van der Waals surface area contributed by atoms with Crippen LogP contribution in [-0.2, 0) is 24.7 Å². The van der Waals surface area contributed by atoms with E-state index in [0.29, 0.717) is 0 Å². The lowest BCUT2D eigenvalue weighted by Gasteiger charge is -2.06. The van der Waals surface area contributed by atoms with Gasteiger partial charge in [0.05, 0.1) is 33.9 Å². The number of halogens is 12. The topological polar surface area (TPSA) is 57.4 Å². The molecule has 0 amide bonds. The van der Waals surface area contributed by atoms with Crippen molar-refractivity contribution < 1.29 is 52.7 Å². The number of alkyl halides is 12. The van der Waals surface area contributed by atoms with E-state index in [1.54, 1.807) is 9.97 Å². The molecule has 2 N–H and O–H groups in total. The van der Waals surface area contributed by atoms with Gasteiger partial charge in [-0.25, -0.2) is 0 Å². The van der Waals surface area contributed by atoms with Crippen LogP contribution in [-0.4, -0.2) is 19.9 Å². The minimum absolute atomic E-state index is 0.0456. The second kappa shape index (κ2) is 10.1. The Morgan fingerprint density at radius 3 is 1.05 bits per heavy atom. The quantitative estimate of drug-likeness (QED) is 0.243. The minimum Gasteiger partial charge on any atom is -0.349 e. The lowest BCUT2D eigenvalue weighted by molar-refractivity contribution is -0.144. The Hall–Kier alpha value is -3.98. The maximum atomic E-state index is 12.7. The average Bonchev–Trinajstić information content (AvgIpc) is 3.46. The predicted molar refractivity (Wildman–Crippen MR) is 108 cm³/mol. The summed E-state index contributed by atoms with van der Waals surface area (Å²) in [6, 6.07) is 8.15. The first-order chi connectivity index (χ1) is 17.4. The van der Waals surface area contributed by atoms with E-state index >= 15 is 0 Å². The minimum atomic E-state index is -4.90. The zero-order chi connectivity index (χ0) is 28.5. The standard InChI is InChI=1S/2C11H6F6N2/c2*12-10(13,14)6-5-8(11(15,16)17)19-9(6)7-3-1-2-4-18-7/h2*1-5,19H. The van der Waals surface area contributed by atoms with Crippen LogP contribution in [0.4, 0.5) is 52.7 Å². The number of H-pyrrole nitrogens is 2. The maximum Gasteiger partial charge on any atom is 0.431 e. The van der Waals surface area contributed by atoms with E-state index in [2.05, 4.69) is 9.97 Å². The average molecular weight is 560 g/mol. The third kappa shape index (κ3) is 6.66. The molecule has 0 aromatic carbocycles. The van der Waals surface area contributed by atoms with Crippen LogP contribution >= 0.6 is 0 Å². The molecule has 0 bridgehead atoms. The highest BCUT2D eigenvalue weighted by molar-refractivity contribution is 5.62. The molecule has 4 rings (SSSR count). The molecule has 0 radical (unpaired) electrons. The second-order valence-corrected chi connectivity index (χ2v) is 7.36. The Kier molecular flexibility index (Phi) is 7.57. The molecular weight excluding hydrogens is 548 g/mol. The van der Waals surface area contributed by atoms with Gasteiger partial charge in [0.1, 0.15) is 11.4 Å². The van der Waals surface area contributed by atoms with Crippen molar-refractivity contribution in [1.82, 2.24) is 19.9 Å². The summed E-state index contributed by atoms with van der Waals surface area (Å²) in [6.07, 6.45) is -17.2. The summed E-state index contributed by atoms with van der Waals surface area (Å²) in [4.78, 5) is 10.7. The van der Waals surface area contributed by atoms with Gasteiger partial charge in [0, 0.05) is 12.4 Å². The maximum absolute atomic E-state index is 12.7. The van der Waals surface area contributed by atoms with E-state index in [1.807, 2.05) is 0 Å². The Bertz CT molecular complexity index is 1240. The molecule has 0 saturated heterocycles. The largest absolute Gasteiger partial charge is 0.431 e. The first-order valence-corrected chi connectivity index (χ1v) is 9.96. The van der Waals surface area contributed by atoms with Crippen LogP contribution in [0.1, 0.15) is 22.5 Å². The van der Waals surface area contributed by atoms with Gasteiger partial charge in [-0.1, -0.05) is 12.1 Å². The van der Waals surface area contributed by atoms with Gasteiger partial charge in [-0.05, 0) is 36.4 Å². The van der Waals surface area contributed by atoms with Crippen molar-refractivity contribution in [3.05, 3.63) is 83.4 Å². The number of pyridine rings is 2. The SMILES string of the molecule is FC(F)(F)c1cc(C(F)(F)F)c(-c2ccccn2)[nH]1.FC(F)(F)c1cc(C(F)(F)F)c(-c2ccccn2)[nH]1. The molecule has 4 aromatic heterocycles. The van der Waals surface area contributed by atoms with Crippen molar-refractivity contribution in [2.24, 2.45) is 0 Å². The molecule has 38 heavy (non-hydrogen) atoms. The third-order valence-corrected chi connectivity index (χ3v) is 4.70. The smallest absolute Gasteiger partial charge is 0.349 e. The molecule has 0 fully saturated rings. The van der Waals surface area contributed by atoms with Gasteiger partial charge in [0.2, 0.25) is 0 Å². The summed E-state index contributed by atoms with van der Waals surface area (Å²) in [7, 11) is 0. The van der Waals surface area contributed by atoms with Crippen molar-refractivity contribution in [3.8, 4) is 22.8 Å². The van der Waals surface area contributed by atoms with Crippen LogP contribution in [0.15, 0.2) is 60.9 Å². The molecule has 0 unspecified atom stereocenters. The van der Waals surface area contributed by atoms with Crippen molar-refractivity contribution in [1.29, 1.82) is 0 Å². The van der Waals surface area contributed by atoms with Gasteiger partial charge < -0.3 is 9.97 Å². The molecule has 0 aliphatic carbocycles. The van der Waals surface area contributed by atoms with E-state index in [1.165, 1.54) is 48.8 Å². The Morgan fingerprint density at radius 2 is 0.816 bits per heavy atom. The zero-order valence-corrected chi connectivity index (χ0v) is 18.2. The van der Waals surface area contributed by atoms with E-state index in [-0.39, 0.29) is 23.5 Å². The third-order valence-electron chi connectivity index (χ3n) is 4.70. The first kappa shape index (κ1) is 28.6. The van der Waals surface area contributed by atoms with E-state index in [9.17, 15) is 52.7 Å². The van der Waals surface area contributed by atoms with Crippen LogP contribution in [0.3, 0.4) is 0 Å². The summed E-state index contributed by atoms with van der Waals surface area (Å²) in [5.74, 6) is 0. The Balaban J connectivity index is 0.000000211. The lowest BCUT2D eigenvalue weighted by Crippen LogP contribution is -2.06. The molecule has 0 atom stereocenters. The van der Waals surface area contributed by atoms with Gasteiger partial charge in [-0.2, -0.15) is 52.7 Å². The number of nitrogens with one attached hydrogen (secondary N) is 2. The van der Waals surface area contributed by atoms with Crippen molar-refractivity contribution in [2.75, 3.05) is 0 Å². The summed E-state index contributed by atoms with van der Waals surface area (Å²) >= 11 is 0. The van der Waals surface area contributed by atoms with Crippen LogP contribution < -0.4 is 0 Å². The fraction of sp³-hybridized carbons (Fsp3) is 0.182. The number of rotatable bonds is 2. The Morgan fingerprint density at radius 1 is 0.474 bits per heavy atom. The van der Waals surface area contributed by atoms with Gasteiger partial charge in [0.15, 0.2) is 0 Å². The number of hydrogen-bond acceptors (Lipinski definition) is 2. The fourth-order valence-corrected chi connectivity index (χ4v) is 3.09. The molecular formula is C22H12F12N4. The first-order valence-electron chi connectivity index (χ1n) is 9.96. The summed E-state index contributed by atoms with van der Waals surface area (Å²) in [6.45, 7) is 0. The summed E-state index contributed by atoms with van der Waals surface area (Å²) in [5.41, 5.74) is -7.49. The highest BCUT2D eigenvalue weighted by Gasteiger charge is 2.42. The number of aromatic amines is 2. The number of hydrogen-bond donors (Lipinski definition) is 2. The predicted octanol–water partition coefficient (Wildman–Crippen LogP) is 8.23. The molecule has 4 nitrogen and oxygen atoms in total. The molecule has 4 heterocycles. The highest BCUT2D eigenvalue weighted by Crippen LogP contribution is 2.42. The normalized spacial score (nSPS) is 12.7. The lowest BCUT2D eigenvalue weighted by atomic mass is 10.1. The van der Waals surface area contributed by atoms with Crippen LogP contribution in [0, 0.1) is 0 Å². The second-order valence-electron chi connectivity index (χ2n) is 7.36.